The van der Waals surface area contributed by atoms with Gasteiger partial charge in [0.15, 0.2) is 6.61 Å². The van der Waals surface area contributed by atoms with Crippen LogP contribution in [0, 0.1) is 0 Å². The monoisotopic (exact) mass is 425 g/mol. The molecule has 2 aromatic rings. The number of esters is 1. The van der Waals surface area contributed by atoms with Gasteiger partial charge in [-0.15, -0.1) is 0 Å². The molecular weight excluding hydrogens is 398 g/mol. The van der Waals surface area contributed by atoms with Crippen LogP contribution >= 0.6 is 0 Å². The molecule has 1 aromatic heterocycles. The Bertz CT molecular complexity index is 871. The lowest BCUT2D eigenvalue weighted by Gasteiger charge is -2.30. The fraction of sp³-hybridized carbons (Fsp3) is 0.304. The number of pyridine rings is 1. The number of ether oxygens (including phenoxy) is 1. The molecule has 0 spiro atoms. The van der Waals surface area contributed by atoms with Crippen LogP contribution in [0.4, 0.5) is 0 Å². The Kier molecular flexibility index (Phi) is 9.90. The molecule has 1 heterocycles. The van der Waals surface area contributed by atoms with E-state index in [1.807, 2.05) is 42.5 Å². The van der Waals surface area contributed by atoms with Crippen LogP contribution in [0.3, 0.4) is 0 Å². The van der Waals surface area contributed by atoms with Crippen LogP contribution in [0.25, 0.3) is 0 Å². The number of nitrogens with zero attached hydrogens (tertiary/aromatic N) is 1. The number of carboxylic acid groups (broad SMARTS) is 1. The van der Waals surface area contributed by atoms with E-state index in [0.717, 1.165) is 36.6 Å². The van der Waals surface area contributed by atoms with Gasteiger partial charge in [0.1, 0.15) is 0 Å². The van der Waals surface area contributed by atoms with Crippen molar-refractivity contribution in [3.63, 3.8) is 0 Å². The molecular formula is C23H27N3O5. The molecule has 31 heavy (non-hydrogen) atoms. The van der Waals surface area contributed by atoms with Crippen molar-refractivity contribution in [3.05, 3.63) is 78.1 Å². The quantitative estimate of drug-likeness (QED) is 0.272. The van der Waals surface area contributed by atoms with Crippen molar-refractivity contribution >= 4 is 17.8 Å². The molecule has 1 amide bonds. The number of benzene rings is 1. The van der Waals surface area contributed by atoms with E-state index in [9.17, 15) is 14.4 Å². The zero-order valence-corrected chi connectivity index (χ0v) is 17.4. The maximum Gasteiger partial charge on any atom is 0.331 e. The standard InChI is InChI=1S/C23H27N3O5/c1-2-3-13-25-22(17-7-5-4-6-8-17)23(18-11-14-24-15-12-18)26-19(27)16-31-21(30)10-9-20(28)29/h4-12,14-15,22-23,25H,2-3,13,16H2,1H3,(H,26,27)(H,28,29)/b10-9-. The number of carbonyl (C=O) groups excluding carboxylic acids is 2. The van der Waals surface area contributed by atoms with E-state index in [4.69, 9.17) is 9.84 Å². The Morgan fingerprint density at radius 2 is 1.71 bits per heavy atom. The van der Waals surface area contributed by atoms with Crippen molar-refractivity contribution in [2.24, 2.45) is 0 Å². The number of carbonyl (C=O) groups is 3. The second-order valence-corrected chi connectivity index (χ2v) is 6.80. The molecule has 0 fully saturated rings. The summed E-state index contributed by atoms with van der Waals surface area (Å²) in [7, 11) is 0. The Balaban J connectivity index is 2.19. The molecule has 1 aromatic carbocycles. The van der Waals surface area contributed by atoms with Gasteiger partial charge in [-0.1, -0.05) is 43.7 Å². The van der Waals surface area contributed by atoms with Gasteiger partial charge in [-0.2, -0.15) is 0 Å². The largest absolute Gasteiger partial charge is 0.478 e. The lowest BCUT2D eigenvalue weighted by molar-refractivity contribution is -0.144. The van der Waals surface area contributed by atoms with Crippen molar-refractivity contribution in [3.8, 4) is 0 Å². The van der Waals surface area contributed by atoms with Crippen molar-refractivity contribution < 1.29 is 24.2 Å². The lowest BCUT2D eigenvalue weighted by Crippen LogP contribution is -2.40. The van der Waals surface area contributed by atoms with Crippen LogP contribution in [0.15, 0.2) is 67.0 Å². The maximum absolute atomic E-state index is 12.6. The number of aromatic nitrogens is 1. The van der Waals surface area contributed by atoms with Gasteiger partial charge in [-0.05, 0) is 36.2 Å². The van der Waals surface area contributed by atoms with Crippen molar-refractivity contribution in [1.82, 2.24) is 15.6 Å². The summed E-state index contributed by atoms with van der Waals surface area (Å²) in [5.41, 5.74) is 1.85. The first-order chi connectivity index (χ1) is 15.0. The lowest BCUT2D eigenvalue weighted by atomic mass is 9.93. The highest BCUT2D eigenvalue weighted by Crippen LogP contribution is 2.28. The highest BCUT2D eigenvalue weighted by atomic mass is 16.5. The summed E-state index contributed by atoms with van der Waals surface area (Å²) in [6.07, 6.45) is 6.73. The van der Waals surface area contributed by atoms with Gasteiger partial charge >= 0.3 is 11.9 Å². The van der Waals surface area contributed by atoms with Crippen molar-refractivity contribution in [2.75, 3.05) is 13.2 Å². The molecule has 0 aliphatic rings. The number of hydrogen-bond acceptors (Lipinski definition) is 6. The van der Waals surface area contributed by atoms with Gasteiger partial charge in [0, 0.05) is 24.5 Å². The summed E-state index contributed by atoms with van der Waals surface area (Å²) in [5.74, 6) is -2.68. The van der Waals surface area contributed by atoms with Gasteiger partial charge in [0.05, 0.1) is 12.1 Å². The number of hydrogen-bond donors (Lipinski definition) is 3. The molecule has 0 saturated carbocycles. The van der Waals surface area contributed by atoms with E-state index in [1.165, 1.54) is 0 Å². The minimum Gasteiger partial charge on any atom is -0.478 e. The van der Waals surface area contributed by atoms with Crippen molar-refractivity contribution in [2.45, 2.75) is 31.8 Å². The smallest absolute Gasteiger partial charge is 0.331 e. The zero-order valence-electron chi connectivity index (χ0n) is 17.4. The Hall–Kier alpha value is -3.52. The fourth-order valence-electron chi connectivity index (χ4n) is 2.99. The van der Waals surface area contributed by atoms with Crippen LogP contribution in [-0.4, -0.2) is 41.1 Å². The number of unbranched alkanes of at least 4 members (excludes halogenated alkanes) is 1. The summed E-state index contributed by atoms with van der Waals surface area (Å²) in [6, 6.07) is 12.8. The minimum atomic E-state index is -1.27. The van der Waals surface area contributed by atoms with E-state index in [-0.39, 0.29) is 6.04 Å². The van der Waals surface area contributed by atoms with Gasteiger partial charge in [0.2, 0.25) is 0 Å². The minimum absolute atomic E-state index is 0.221. The van der Waals surface area contributed by atoms with Gasteiger partial charge in [-0.3, -0.25) is 9.78 Å². The molecule has 2 unspecified atom stereocenters. The number of carboxylic acids is 1. The third-order valence-electron chi connectivity index (χ3n) is 4.48. The fourth-order valence-corrected chi connectivity index (χ4v) is 2.99. The normalized spacial score (nSPS) is 12.8. The molecule has 164 valence electrons. The summed E-state index contributed by atoms with van der Waals surface area (Å²) in [4.78, 5) is 38.7. The third-order valence-corrected chi connectivity index (χ3v) is 4.48. The van der Waals surface area contributed by atoms with Crippen molar-refractivity contribution in [1.29, 1.82) is 0 Å². The van der Waals surface area contributed by atoms with E-state index in [2.05, 4.69) is 22.5 Å². The molecule has 0 bridgehead atoms. The summed E-state index contributed by atoms with van der Waals surface area (Å²) < 4.78 is 4.84. The predicted octanol–water partition coefficient (Wildman–Crippen LogP) is 2.55. The van der Waals surface area contributed by atoms with Gasteiger partial charge < -0.3 is 20.5 Å². The summed E-state index contributed by atoms with van der Waals surface area (Å²) >= 11 is 0. The van der Waals surface area contributed by atoms with Crippen LogP contribution in [0.2, 0.25) is 0 Å². The van der Waals surface area contributed by atoms with Gasteiger partial charge in [-0.25, -0.2) is 9.59 Å². The third kappa shape index (κ3) is 8.39. The first-order valence-electron chi connectivity index (χ1n) is 10.1. The Morgan fingerprint density at radius 1 is 1.03 bits per heavy atom. The molecule has 3 N–H and O–H groups in total. The highest BCUT2D eigenvalue weighted by Gasteiger charge is 2.26. The zero-order chi connectivity index (χ0) is 22.5. The Morgan fingerprint density at radius 3 is 2.35 bits per heavy atom. The molecule has 0 aliphatic heterocycles. The summed E-state index contributed by atoms with van der Waals surface area (Å²) in [6.45, 7) is 2.35. The topological polar surface area (TPSA) is 118 Å². The van der Waals surface area contributed by atoms with Gasteiger partial charge in [0.25, 0.3) is 5.91 Å². The average molecular weight is 425 g/mol. The Labute approximate surface area is 181 Å². The molecule has 0 aliphatic carbocycles. The number of nitrogens with one attached hydrogen (secondary N) is 2. The molecule has 0 saturated heterocycles. The van der Waals surface area contributed by atoms with E-state index in [0.29, 0.717) is 6.08 Å². The SMILES string of the molecule is CCCCNC(c1ccccc1)C(NC(=O)COC(=O)/C=C\C(=O)O)c1ccncc1. The second-order valence-electron chi connectivity index (χ2n) is 6.80. The number of rotatable bonds is 12. The second kappa shape index (κ2) is 12.9. The molecule has 8 nitrogen and oxygen atoms in total. The first kappa shape index (κ1) is 23.8. The number of amides is 1. The van der Waals surface area contributed by atoms with Crippen LogP contribution in [-0.2, 0) is 19.1 Å². The van der Waals surface area contributed by atoms with Crippen LogP contribution in [0.5, 0.6) is 0 Å². The molecule has 2 rings (SSSR count). The highest BCUT2D eigenvalue weighted by molar-refractivity contribution is 5.91. The van der Waals surface area contributed by atoms with E-state index < -0.39 is 30.5 Å². The first-order valence-corrected chi connectivity index (χ1v) is 10.1. The molecule has 8 heteroatoms. The maximum atomic E-state index is 12.6. The van der Waals surface area contributed by atoms with E-state index >= 15 is 0 Å². The van der Waals surface area contributed by atoms with Crippen LogP contribution < -0.4 is 10.6 Å². The van der Waals surface area contributed by atoms with Crippen LogP contribution in [0.1, 0.15) is 43.0 Å². The number of aliphatic carboxylic acids is 1. The average Bonchev–Trinajstić information content (AvgIpc) is 2.79. The summed E-state index contributed by atoms with van der Waals surface area (Å²) in [5, 5.41) is 15.0. The molecule has 0 radical (unpaired) electrons. The predicted molar refractivity (Wildman–Crippen MR) is 115 cm³/mol. The molecule has 2 atom stereocenters. The van der Waals surface area contributed by atoms with E-state index in [1.54, 1.807) is 12.4 Å².